The number of aromatic nitrogens is 1. The first-order valence-corrected chi connectivity index (χ1v) is 7.39. The number of benzene rings is 1. The fourth-order valence-corrected chi connectivity index (χ4v) is 2.62. The van der Waals surface area contributed by atoms with Gasteiger partial charge < -0.3 is 14.6 Å². The van der Waals surface area contributed by atoms with Crippen LogP contribution in [0.5, 0.6) is 0 Å². The van der Waals surface area contributed by atoms with E-state index in [0.717, 1.165) is 24.1 Å². The fourth-order valence-electron chi connectivity index (χ4n) is 2.62. The molecule has 1 fully saturated rings. The molecule has 2 heterocycles. The second-order valence-electron chi connectivity index (χ2n) is 5.41. The molecule has 1 aromatic heterocycles. The van der Waals surface area contributed by atoms with E-state index in [0.29, 0.717) is 6.61 Å². The molecule has 1 amide bonds. The molecule has 0 saturated carbocycles. The number of hydrogen-bond donors (Lipinski definition) is 1. The lowest BCUT2D eigenvalue weighted by Crippen LogP contribution is -2.35. The van der Waals surface area contributed by atoms with Crippen LogP contribution in [0, 0.1) is 0 Å². The highest BCUT2D eigenvalue weighted by atomic mass is 16.5. The molecule has 4 nitrogen and oxygen atoms in total. The Hall–Kier alpha value is -2.07. The summed E-state index contributed by atoms with van der Waals surface area (Å²) in [6, 6.07) is 12.2. The zero-order chi connectivity index (χ0) is 14.7. The van der Waals surface area contributed by atoms with Crippen molar-refractivity contribution < 1.29 is 9.53 Å². The van der Waals surface area contributed by atoms with E-state index in [1.807, 2.05) is 31.5 Å². The number of hydrogen-bond acceptors (Lipinski definition) is 2. The van der Waals surface area contributed by atoms with E-state index < -0.39 is 0 Å². The highest BCUT2D eigenvalue weighted by Gasteiger charge is 2.24. The Bertz CT molecular complexity index is 584. The molecule has 4 heteroatoms. The Morgan fingerprint density at radius 1 is 1.29 bits per heavy atom. The summed E-state index contributed by atoms with van der Waals surface area (Å²) in [5.41, 5.74) is 2.21. The number of nitrogens with one attached hydrogen (secondary N) is 1. The van der Waals surface area contributed by atoms with Crippen molar-refractivity contribution in [3.05, 3.63) is 54.4 Å². The molecule has 1 aliphatic rings. The highest BCUT2D eigenvalue weighted by Crippen LogP contribution is 2.18. The van der Waals surface area contributed by atoms with Gasteiger partial charge in [0.1, 0.15) is 6.10 Å². The molecule has 21 heavy (non-hydrogen) atoms. The molecule has 1 aromatic carbocycles. The molecule has 1 N–H and O–H groups in total. The minimum Gasteiger partial charge on any atom is -0.368 e. The van der Waals surface area contributed by atoms with Gasteiger partial charge in [0, 0.05) is 24.7 Å². The summed E-state index contributed by atoms with van der Waals surface area (Å²) in [5.74, 6) is -0.00511. The maximum atomic E-state index is 12.0. The molecular formula is C17H20N2O2. The number of carbonyl (C=O) groups is 1. The average molecular weight is 284 g/mol. The quantitative estimate of drug-likeness (QED) is 0.938. The summed E-state index contributed by atoms with van der Waals surface area (Å²) in [5, 5.41) is 3.02. The molecule has 2 atom stereocenters. The lowest BCUT2D eigenvalue weighted by Gasteiger charge is -2.17. The Morgan fingerprint density at radius 2 is 2.00 bits per heavy atom. The Labute approximate surface area is 124 Å². The minimum absolute atomic E-state index is 0.00511. The van der Waals surface area contributed by atoms with Crippen LogP contribution >= 0.6 is 0 Å². The zero-order valence-corrected chi connectivity index (χ0v) is 12.2. The van der Waals surface area contributed by atoms with Crippen LogP contribution in [0.15, 0.2) is 48.8 Å². The van der Waals surface area contributed by atoms with Crippen LogP contribution in [0.4, 0.5) is 0 Å². The van der Waals surface area contributed by atoms with Gasteiger partial charge in [-0.1, -0.05) is 12.1 Å². The van der Waals surface area contributed by atoms with Crippen LogP contribution in [0.2, 0.25) is 0 Å². The lowest BCUT2D eigenvalue weighted by molar-refractivity contribution is -0.130. The second-order valence-corrected chi connectivity index (χ2v) is 5.41. The number of ether oxygens (including phenoxy) is 1. The largest absolute Gasteiger partial charge is 0.368 e. The van der Waals surface area contributed by atoms with Crippen molar-refractivity contribution >= 4 is 5.91 Å². The topological polar surface area (TPSA) is 43.3 Å². The van der Waals surface area contributed by atoms with Crippen LogP contribution < -0.4 is 5.32 Å². The summed E-state index contributed by atoms with van der Waals surface area (Å²) >= 11 is 0. The van der Waals surface area contributed by atoms with Crippen molar-refractivity contribution in [1.29, 1.82) is 0 Å². The Balaban J connectivity index is 1.64. The standard InChI is InChI=1S/C17H20N2O2/c1-13(18-17(20)16-5-4-12-21-16)14-6-8-15(9-7-14)19-10-2-3-11-19/h2-3,6-11,13,16H,4-5,12H2,1H3,(H,18,20)/t13-,16+/m0/s1. The first-order chi connectivity index (χ1) is 10.2. The lowest BCUT2D eigenvalue weighted by atomic mass is 10.1. The van der Waals surface area contributed by atoms with Gasteiger partial charge in [-0.25, -0.2) is 0 Å². The third kappa shape index (κ3) is 3.16. The van der Waals surface area contributed by atoms with Crippen LogP contribution in [0.3, 0.4) is 0 Å². The van der Waals surface area contributed by atoms with Gasteiger partial charge in [0.2, 0.25) is 5.91 Å². The maximum absolute atomic E-state index is 12.0. The van der Waals surface area contributed by atoms with E-state index in [9.17, 15) is 4.79 Å². The third-order valence-electron chi connectivity index (χ3n) is 3.88. The van der Waals surface area contributed by atoms with Gasteiger partial charge in [0.05, 0.1) is 6.04 Å². The normalized spacial score (nSPS) is 19.4. The van der Waals surface area contributed by atoms with Crippen LogP contribution in [0.1, 0.15) is 31.4 Å². The third-order valence-corrected chi connectivity index (χ3v) is 3.88. The van der Waals surface area contributed by atoms with E-state index in [4.69, 9.17) is 4.74 Å². The van der Waals surface area contributed by atoms with Gasteiger partial charge in [-0.15, -0.1) is 0 Å². The summed E-state index contributed by atoms with van der Waals surface area (Å²) in [6.45, 7) is 2.69. The Morgan fingerprint density at radius 3 is 2.62 bits per heavy atom. The summed E-state index contributed by atoms with van der Waals surface area (Å²) in [7, 11) is 0. The maximum Gasteiger partial charge on any atom is 0.249 e. The number of carbonyl (C=O) groups excluding carboxylic acids is 1. The molecule has 110 valence electrons. The van der Waals surface area contributed by atoms with Crippen molar-refractivity contribution in [1.82, 2.24) is 9.88 Å². The van der Waals surface area contributed by atoms with E-state index in [2.05, 4.69) is 34.1 Å². The number of amides is 1. The SMILES string of the molecule is C[C@H](NC(=O)[C@H]1CCCO1)c1ccc(-n2cccc2)cc1. The van der Waals surface area contributed by atoms with Crippen molar-refractivity contribution in [2.45, 2.75) is 31.9 Å². The molecular weight excluding hydrogens is 264 g/mol. The fraction of sp³-hybridized carbons (Fsp3) is 0.353. The van der Waals surface area contributed by atoms with E-state index in [1.54, 1.807) is 0 Å². The zero-order valence-electron chi connectivity index (χ0n) is 12.2. The highest BCUT2D eigenvalue weighted by molar-refractivity contribution is 5.81. The van der Waals surface area contributed by atoms with Gasteiger partial charge in [-0.2, -0.15) is 0 Å². The van der Waals surface area contributed by atoms with E-state index >= 15 is 0 Å². The monoisotopic (exact) mass is 284 g/mol. The van der Waals surface area contributed by atoms with Gasteiger partial charge in [0.15, 0.2) is 0 Å². The molecule has 1 aliphatic heterocycles. The summed E-state index contributed by atoms with van der Waals surface area (Å²) < 4.78 is 7.46. The van der Waals surface area contributed by atoms with Crippen molar-refractivity contribution in [3.8, 4) is 5.69 Å². The van der Waals surface area contributed by atoms with Gasteiger partial charge in [-0.05, 0) is 49.6 Å². The number of nitrogens with zero attached hydrogens (tertiary/aromatic N) is 1. The van der Waals surface area contributed by atoms with Gasteiger partial charge in [0.25, 0.3) is 0 Å². The molecule has 0 aliphatic carbocycles. The van der Waals surface area contributed by atoms with E-state index in [-0.39, 0.29) is 18.1 Å². The predicted octanol–water partition coefficient (Wildman–Crippen LogP) is 2.83. The van der Waals surface area contributed by atoms with Crippen LogP contribution in [0.25, 0.3) is 5.69 Å². The summed E-state index contributed by atoms with van der Waals surface area (Å²) in [6.07, 6.45) is 5.55. The van der Waals surface area contributed by atoms with Crippen molar-refractivity contribution in [2.24, 2.45) is 0 Å². The van der Waals surface area contributed by atoms with Crippen molar-refractivity contribution in [3.63, 3.8) is 0 Å². The van der Waals surface area contributed by atoms with Gasteiger partial charge >= 0.3 is 0 Å². The molecule has 3 rings (SSSR count). The van der Waals surface area contributed by atoms with E-state index in [1.165, 1.54) is 0 Å². The molecule has 0 spiro atoms. The molecule has 1 saturated heterocycles. The van der Waals surface area contributed by atoms with Crippen molar-refractivity contribution in [2.75, 3.05) is 6.61 Å². The molecule has 0 radical (unpaired) electrons. The minimum atomic E-state index is -0.272. The Kier molecular flexibility index (Phi) is 4.06. The molecule has 0 bridgehead atoms. The smallest absolute Gasteiger partial charge is 0.249 e. The van der Waals surface area contributed by atoms with Crippen LogP contribution in [-0.4, -0.2) is 23.2 Å². The predicted molar refractivity (Wildman–Crippen MR) is 81.3 cm³/mol. The first-order valence-electron chi connectivity index (χ1n) is 7.39. The van der Waals surface area contributed by atoms with Gasteiger partial charge in [-0.3, -0.25) is 4.79 Å². The summed E-state index contributed by atoms with van der Waals surface area (Å²) in [4.78, 5) is 12.0. The average Bonchev–Trinajstić information content (AvgIpc) is 3.20. The number of rotatable bonds is 4. The molecule has 2 aromatic rings. The first kappa shape index (κ1) is 13.9. The van der Waals surface area contributed by atoms with Crippen LogP contribution in [-0.2, 0) is 9.53 Å². The molecule has 0 unspecified atom stereocenters. The second kappa shape index (κ2) is 6.14.